The van der Waals surface area contributed by atoms with E-state index >= 15 is 0 Å². The second-order valence-electron chi connectivity index (χ2n) is 3.62. The van der Waals surface area contributed by atoms with E-state index in [0.29, 0.717) is 25.0 Å². The molecule has 0 saturated heterocycles. The third-order valence-corrected chi connectivity index (χ3v) is 2.56. The molecule has 17 heavy (non-hydrogen) atoms. The van der Waals surface area contributed by atoms with Gasteiger partial charge in [0.05, 0.1) is 13.1 Å². The van der Waals surface area contributed by atoms with Crippen LogP contribution in [0.1, 0.15) is 11.1 Å². The van der Waals surface area contributed by atoms with Crippen LogP contribution < -0.4 is 0 Å². The van der Waals surface area contributed by atoms with E-state index in [1.54, 1.807) is 0 Å². The number of benzene rings is 1. The standard InChI is InChI=1S/C12H12N2O2.Zn/c1-2-4-10(12-14-6-8-16-12)9(3-1)11-13-5-7-15-11;/h1-4H,5-8H2;. The predicted molar refractivity (Wildman–Crippen MR) is 61.2 cm³/mol. The van der Waals surface area contributed by atoms with Crippen molar-refractivity contribution in [3.8, 4) is 0 Å². The Labute approximate surface area is 113 Å². The van der Waals surface area contributed by atoms with Gasteiger partial charge >= 0.3 is 0 Å². The first-order valence-electron chi connectivity index (χ1n) is 5.39. The zero-order valence-electron chi connectivity index (χ0n) is 9.56. The fourth-order valence-corrected chi connectivity index (χ4v) is 1.85. The average molecular weight is 282 g/mol. The molecule has 0 amide bonds. The summed E-state index contributed by atoms with van der Waals surface area (Å²) in [6.45, 7) is 2.79. The van der Waals surface area contributed by atoms with Gasteiger partial charge in [0.2, 0.25) is 11.8 Å². The van der Waals surface area contributed by atoms with Gasteiger partial charge in [-0.2, -0.15) is 0 Å². The van der Waals surface area contributed by atoms with Crippen molar-refractivity contribution < 1.29 is 29.0 Å². The molecule has 4 nitrogen and oxygen atoms in total. The van der Waals surface area contributed by atoms with Gasteiger partial charge in [0.25, 0.3) is 0 Å². The molecule has 1 aromatic carbocycles. The van der Waals surface area contributed by atoms with E-state index in [4.69, 9.17) is 9.47 Å². The van der Waals surface area contributed by atoms with Crippen LogP contribution in [0.5, 0.6) is 0 Å². The molecule has 2 aliphatic heterocycles. The van der Waals surface area contributed by atoms with Crippen LogP contribution in [0.2, 0.25) is 0 Å². The molecule has 0 fully saturated rings. The Morgan fingerprint density at radius 3 is 1.65 bits per heavy atom. The summed E-state index contributed by atoms with van der Waals surface area (Å²) < 4.78 is 11.0. The number of rotatable bonds is 2. The van der Waals surface area contributed by atoms with Gasteiger partial charge in [-0.15, -0.1) is 0 Å². The van der Waals surface area contributed by atoms with Gasteiger partial charge in [-0.1, -0.05) is 12.1 Å². The average Bonchev–Trinajstić information content (AvgIpc) is 3.03. The number of ether oxygens (including phenoxy) is 2. The minimum atomic E-state index is 0. The Morgan fingerprint density at radius 2 is 1.29 bits per heavy atom. The van der Waals surface area contributed by atoms with E-state index in [2.05, 4.69) is 9.98 Å². The second kappa shape index (κ2) is 5.41. The van der Waals surface area contributed by atoms with Gasteiger partial charge in [-0.05, 0) is 12.1 Å². The summed E-state index contributed by atoms with van der Waals surface area (Å²) in [4.78, 5) is 8.64. The molecule has 3 rings (SSSR count). The second-order valence-corrected chi connectivity index (χ2v) is 3.62. The van der Waals surface area contributed by atoms with E-state index < -0.39 is 0 Å². The van der Waals surface area contributed by atoms with Gasteiger partial charge in [-0.25, -0.2) is 9.98 Å². The van der Waals surface area contributed by atoms with Gasteiger partial charge in [0, 0.05) is 30.6 Å². The van der Waals surface area contributed by atoms with Gasteiger partial charge in [0.1, 0.15) is 13.2 Å². The molecule has 0 aromatic heterocycles. The Balaban J connectivity index is 0.00000108. The number of hydrogen-bond donors (Lipinski definition) is 0. The Kier molecular flexibility index (Phi) is 3.90. The van der Waals surface area contributed by atoms with E-state index in [-0.39, 0.29) is 19.5 Å². The van der Waals surface area contributed by atoms with Crippen LogP contribution in [0.4, 0.5) is 0 Å². The largest absolute Gasteiger partial charge is 0.475 e. The van der Waals surface area contributed by atoms with Crippen molar-refractivity contribution in [3.63, 3.8) is 0 Å². The summed E-state index contributed by atoms with van der Waals surface area (Å²) in [5.41, 5.74) is 1.95. The van der Waals surface area contributed by atoms with Crippen molar-refractivity contribution in [2.24, 2.45) is 9.98 Å². The van der Waals surface area contributed by atoms with Gasteiger partial charge < -0.3 is 9.47 Å². The number of nitrogens with zero attached hydrogens (tertiary/aromatic N) is 2. The summed E-state index contributed by atoms with van der Waals surface area (Å²) >= 11 is 0. The minimum Gasteiger partial charge on any atom is -0.475 e. The zero-order chi connectivity index (χ0) is 10.8. The first kappa shape index (κ1) is 12.2. The van der Waals surface area contributed by atoms with Crippen LogP contribution >= 0.6 is 0 Å². The maximum Gasteiger partial charge on any atom is 0.217 e. The molecule has 0 saturated carbocycles. The molecular formula is C12H12N2O2Zn. The fraction of sp³-hybridized carbons (Fsp3) is 0.333. The van der Waals surface area contributed by atoms with Crippen molar-refractivity contribution in [2.75, 3.05) is 26.3 Å². The number of hydrogen-bond acceptors (Lipinski definition) is 4. The SMILES string of the molecule is [Zn].c1ccc(C2=NCCO2)c(C2=NCCO2)c1. The van der Waals surface area contributed by atoms with Gasteiger partial charge in [0.15, 0.2) is 0 Å². The van der Waals surface area contributed by atoms with E-state index in [0.717, 1.165) is 24.2 Å². The third kappa shape index (κ3) is 2.39. The molecule has 84 valence electrons. The van der Waals surface area contributed by atoms with Crippen LogP contribution in [0.25, 0.3) is 0 Å². The summed E-state index contributed by atoms with van der Waals surface area (Å²) in [5, 5.41) is 0. The Hall–Kier alpha value is -1.22. The van der Waals surface area contributed by atoms with Crippen molar-refractivity contribution in [1.29, 1.82) is 0 Å². The van der Waals surface area contributed by atoms with Crippen LogP contribution in [0.15, 0.2) is 34.3 Å². The number of aliphatic imine (C=N–C) groups is 2. The molecule has 0 radical (unpaired) electrons. The molecule has 2 heterocycles. The van der Waals surface area contributed by atoms with Crippen molar-refractivity contribution in [3.05, 3.63) is 35.4 Å². The summed E-state index contributed by atoms with van der Waals surface area (Å²) in [7, 11) is 0. The van der Waals surface area contributed by atoms with E-state index in [1.807, 2.05) is 24.3 Å². The molecule has 0 atom stereocenters. The summed E-state index contributed by atoms with van der Waals surface area (Å²) in [5.74, 6) is 1.41. The molecule has 0 bridgehead atoms. The monoisotopic (exact) mass is 280 g/mol. The molecule has 0 spiro atoms. The minimum absolute atomic E-state index is 0. The molecule has 0 aliphatic carbocycles. The maximum absolute atomic E-state index is 5.48. The Morgan fingerprint density at radius 1 is 0.824 bits per heavy atom. The summed E-state index contributed by atoms with van der Waals surface area (Å²) in [6.07, 6.45) is 0. The van der Waals surface area contributed by atoms with E-state index in [9.17, 15) is 0 Å². The molecule has 5 heteroatoms. The Bertz CT molecular complexity index is 428. The van der Waals surface area contributed by atoms with Crippen molar-refractivity contribution in [2.45, 2.75) is 0 Å². The fourth-order valence-electron chi connectivity index (χ4n) is 1.85. The molecule has 2 aliphatic rings. The van der Waals surface area contributed by atoms with E-state index in [1.165, 1.54) is 0 Å². The van der Waals surface area contributed by atoms with Crippen LogP contribution in [-0.4, -0.2) is 38.1 Å². The normalized spacial score (nSPS) is 17.6. The van der Waals surface area contributed by atoms with Crippen LogP contribution in [0.3, 0.4) is 0 Å². The van der Waals surface area contributed by atoms with Crippen LogP contribution in [-0.2, 0) is 29.0 Å². The topological polar surface area (TPSA) is 43.2 Å². The molecule has 1 aromatic rings. The zero-order valence-corrected chi connectivity index (χ0v) is 12.5. The third-order valence-electron chi connectivity index (χ3n) is 2.56. The van der Waals surface area contributed by atoms with Gasteiger partial charge in [-0.3, -0.25) is 0 Å². The predicted octanol–water partition coefficient (Wildman–Crippen LogP) is 1.24. The first-order chi connectivity index (χ1) is 7.95. The van der Waals surface area contributed by atoms with Crippen LogP contribution in [0, 0.1) is 0 Å². The smallest absolute Gasteiger partial charge is 0.217 e. The van der Waals surface area contributed by atoms with Crippen molar-refractivity contribution >= 4 is 11.8 Å². The maximum atomic E-state index is 5.48. The summed E-state index contributed by atoms with van der Waals surface area (Å²) in [6, 6.07) is 7.92. The first-order valence-corrected chi connectivity index (χ1v) is 5.39. The quantitative estimate of drug-likeness (QED) is 0.766. The molecular weight excluding hydrogens is 270 g/mol. The van der Waals surface area contributed by atoms with Crippen molar-refractivity contribution in [1.82, 2.24) is 0 Å². The molecule has 0 unspecified atom stereocenters. The molecule has 0 N–H and O–H groups in total.